The number of carboxylic acid groups (broad SMARTS) is 1. The van der Waals surface area contributed by atoms with Gasteiger partial charge in [0.1, 0.15) is 6.61 Å². The van der Waals surface area contributed by atoms with Crippen LogP contribution in [0.4, 0.5) is 10.5 Å². The van der Waals surface area contributed by atoms with E-state index in [2.05, 4.69) is 34.9 Å². The van der Waals surface area contributed by atoms with E-state index >= 15 is 0 Å². The largest absolute Gasteiger partial charge is 0.481 e. The molecule has 2 aliphatic rings. The molecule has 5 rings (SSSR count). The number of rotatable bonds is 7. The van der Waals surface area contributed by atoms with Gasteiger partial charge in [-0.25, -0.2) is 4.79 Å². The van der Waals surface area contributed by atoms with E-state index in [9.17, 15) is 14.4 Å². The molecule has 0 aromatic heterocycles. The van der Waals surface area contributed by atoms with Crippen molar-refractivity contribution in [2.75, 3.05) is 18.5 Å². The molecule has 35 heavy (non-hydrogen) atoms. The van der Waals surface area contributed by atoms with Crippen LogP contribution in [-0.4, -0.2) is 36.2 Å². The molecule has 0 radical (unpaired) electrons. The van der Waals surface area contributed by atoms with Gasteiger partial charge in [0.25, 0.3) is 5.91 Å². The van der Waals surface area contributed by atoms with Gasteiger partial charge in [-0.2, -0.15) is 0 Å². The Balaban J connectivity index is 1.21. The summed E-state index contributed by atoms with van der Waals surface area (Å²) in [6.07, 6.45) is -0.00670. The second-order valence-electron chi connectivity index (χ2n) is 9.13. The lowest BCUT2D eigenvalue weighted by Crippen LogP contribution is -2.26. The molecule has 7 nitrogen and oxygen atoms in total. The Morgan fingerprint density at radius 1 is 0.971 bits per heavy atom. The van der Waals surface area contributed by atoms with Gasteiger partial charge in [0.05, 0.1) is 5.92 Å². The van der Waals surface area contributed by atoms with Crippen LogP contribution in [0.25, 0.3) is 11.1 Å². The third-order valence-corrected chi connectivity index (χ3v) is 6.84. The monoisotopic (exact) mass is 470 g/mol. The van der Waals surface area contributed by atoms with Crippen molar-refractivity contribution in [2.45, 2.75) is 19.3 Å². The number of amides is 2. The molecule has 2 amide bonds. The average molecular weight is 471 g/mol. The highest BCUT2D eigenvalue weighted by atomic mass is 16.5. The van der Waals surface area contributed by atoms with E-state index in [-0.39, 0.29) is 30.3 Å². The number of ether oxygens (including phenoxy) is 1. The van der Waals surface area contributed by atoms with E-state index in [0.717, 1.165) is 27.8 Å². The van der Waals surface area contributed by atoms with E-state index in [0.29, 0.717) is 24.2 Å². The Morgan fingerprint density at radius 3 is 2.26 bits per heavy atom. The summed E-state index contributed by atoms with van der Waals surface area (Å²) in [6.45, 7) is 2.35. The molecule has 0 heterocycles. The zero-order valence-corrected chi connectivity index (χ0v) is 19.3. The SMILES string of the molecule is Cc1ccc(C(=O)NC[C@H]2C[C@H]2C(=O)O)cc1NC(=O)OCC1c2ccccc2-c2ccccc21. The van der Waals surface area contributed by atoms with Gasteiger partial charge in [0.2, 0.25) is 0 Å². The predicted molar refractivity (Wildman–Crippen MR) is 131 cm³/mol. The van der Waals surface area contributed by atoms with Crippen molar-refractivity contribution in [1.29, 1.82) is 0 Å². The van der Waals surface area contributed by atoms with Crippen LogP contribution in [0, 0.1) is 18.8 Å². The molecule has 3 N–H and O–H groups in total. The second kappa shape index (κ2) is 9.25. The van der Waals surface area contributed by atoms with Crippen LogP contribution >= 0.6 is 0 Å². The van der Waals surface area contributed by atoms with Gasteiger partial charge in [0.15, 0.2) is 0 Å². The lowest BCUT2D eigenvalue weighted by molar-refractivity contribution is -0.138. The summed E-state index contributed by atoms with van der Waals surface area (Å²) in [5, 5.41) is 14.5. The van der Waals surface area contributed by atoms with Crippen molar-refractivity contribution in [1.82, 2.24) is 5.32 Å². The number of anilines is 1. The molecule has 0 unspecified atom stereocenters. The van der Waals surface area contributed by atoms with Crippen LogP contribution in [0.5, 0.6) is 0 Å². The maximum Gasteiger partial charge on any atom is 0.411 e. The fourth-order valence-corrected chi connectivity index (χ4v) is 4.74. The first kappa shape index (κ1) is 22.7. The summed E-state index contributed by atoms with van der Waals surface area (Å²) in [6, 6.07) is 21.3. The Labute approximate surface area is 203 Å². The molecule has 0 aliphatic heterocycles. The number of hydrogen-bond acceptors (Lipinski definition) is 4. The van der Waals surface area contributed by atoms with Crippen molar-refractivity contribution in [2.24, 2.45) is 11.8 Å². The highest BCUT2D eigenvalue weighted by Gasteiger charge is 2.43. The van der Waals surface area contributed by atoms with Gasteiger partial charge in [-0.05, 0) is 59.2 Å². The zero-order valence-electron chi connectivity index (χ0n) is 19.3. The van der Waals surface area contributed by atoms with Gasteiger partial charge in [0, 0.05) is 23.7 Å². The third kappa shape index (κ3) is 4.62. The quantitative estimate of drug-likeness (QED) is 0.460. The maximum absolute atomic E-state index is 12.7. The van der Waals surface area contributed by atoms with E-state index in [4.69, 9.17) is 9.84 Å². The lowest BCUT2D eigenvalue weighted by Gasteiger charge is -2.15. The van der Waals surface area contributed by atoms with Crippen LogP contribution in [0.3, 0.4) is 0 Å². The summed E-state index contributed by atoms with van der Waals surface area (Å²) in [5.74, 6) is -1.58. The molecule has 1 fully saturated rings. The van der Waals surface area contributed by atoms with Gasteiger partial charge in [-0.3, -0.25) is 14.9 Å². The Bertz CT molecular complexity index is 1270. The normalized spacial score (nSPS) is 17.7. The first-order chi connectivity index (χ1) is 16.9. The molecule has 3 aromatic carbocycles. The summed E-state index contributed by atoms with van der Waals surface area (Å²) in [7, 11) is 0. The van der Waals surface area contributed by atoms with Crippen molar-refractivity contribution in [3.05, 3.63) is 89.0 Å². The van der Waals surface area contributed by atoms with Crippen molar-refractivity contribution < 1.29 is 24.2 Å². The number of fused-ring (bicyclic) bond motifs is 3. The lowest BCUT2D eigenvalue weighted by atomic mass is 9.98. The highest BCUT2D eigenvalue weighted by molar-refractivity contribution is 5.96. The van der Waals surface area contributed by atoms with E-state index in [1.807, 2.05) is 31.2 Å². The highest BCUT2D eigenvalue weighted by Crippen LogP contribution is 2.44. The number of aryl methyl sites for hydroxylation is 1. The Hall–Kier alpha value is -4.13. The smallest absolute Gasteiger partial charge is 0.411 e. The van der Waals surface area contributed by atoms with Crippen LogP contribution in [-0.2, 0) is 9.53 Å². The average Bonchev–Trinajstić information content (AvgIpc) is 3.58. The fraction of sp³-hybridized carbons (Fsp3) is 0.250. The van der Waals surface area contributed by atoms with Crippen LogP contribution in [0.2, 0.25) is 0 Å². The van der Waals surface area contributed by atoms with Gasteiger partial charge < -0.3 is 15.2 Å². The molecule has 0 bridgehead atoms. The minimum Gasteiger partial charge on any atom is -0.481 e. The van der Waals surface area contributed by atoms with Crippen LogP contribution in [0.1, 0.15) is 39.4 Å². The number of nitrogens with one attached hydrogen (secondary N) is 2. The molecule has 0 spiro atoms. The summed E-state index contributed by atoms with van der Waals surface area (Å²) in [5.41, 5.74) is 6.26. The molecule has 178 valence electrons. The Kier molecular flexibility index (Phi) is 5.99. The van der Waals surface area contributed by atoms with Gasteiger partial charge in [-0.1, -0.05) is 54.6 Å². The molecular weight excluding hydrogens is 444 g/mol. The molecule has 3 aromatic rings. The predicted octanol–water partition coefficient (Wildman–Crippen LogP) is 4.81. The zero-order chi connectivity index (χ0) is 24.5. The van der Waals surface area contributed by atoms with E-state index in [1.165, 1.54) is 0 Å². The molecule has 0 saturated heterocycles. The first-order valence-electron chi connectivity index (χ1n) is 11.7. The van der Waals surface area contributed by atoms with Gasteiger partial charge in [-0.15, -0.1) is 0 Å². The first-order valence-corrected chi connectivity index (χ1v) is 11.7. The third-order valence-electron chi connectivity index (χ3n) is 6.84. The van der Waals surface area contributed by atoms with Crippen molar-refractivity contribution >= 4 is 23.7 Å². The molecular formula is C28H26N2O5. The van der Waals surface area contributed by atoms with Crippen molar-refractivity contribution in [3.8, 4) is 11.1 Å². The number of benzene rings is 3. The molecule has 2 aliphatic carbocycles. The van der Waals surface area contributed by atoms with E-state index in [1.54, 1.807) is 18.2 Å². The Morgan fingerprint density at radius 2 is 1.63 bits per heavy atom. The summed E-state index contributed by atoms with van der Waals surface area (Å²) < 4.78 is 5.61. The van der Waals surface area contributed by atoms with E-state index < -0.39 is 12.1 Å². The van der Waals surface area contributed by atoms with Crippen LogP contribution in [0.15, 0.2) is 66.7 Å². The summed E-state index contributed by atoms with van der Waals surface area (Å²) >= 11 is 0. The molecule has 2 atom stereocenters. The minimum absolute atomic E-state index is 0.0275. The molecule has 7 heteroatoms. The van der Waals surface area contributed by atoms with Gasteiger partial charge >= 0.3 is 12.1 Å². The number of carbonyl (C=O) groups excluding carboxylic acids is 2. The van der Waals surface area contributed by atoms with Crippen molar-refractivity contribution in [3.63, 3.8) is 0 Å². The summed E-state index contributed by atoms with van der Waals surface area (Å²) in [4.78, 5) is 36.2. The standard InChI is InChI=1S/C28H26N2O5/c1-16-10-11-17(26(31)29-14-18-12-23(18)27(32)33)13-25(16)30-28(34)35-15-24-21-8-4-2-6-19(21)20-7-3-5-9-22(20)24/h2-11,13,18,23-24H,12,14-15H2,1H3,(H,29,31)(H,30,34)(H,32,33)/t18-,23-/m1/s1. The maximum atomic E-state index is 12.7. The fourth-order valence-electron chi connectivity index (χ4n) is 4.74. The number of hydrogen-bond donors (Lipinski definition) is 3. The number of carbonyl (C=O) groups is 3. The number of aliphatic carboxylic acids is 1. The minimum atomic E-state index is -0.825. The number of carboxylic acids is 1. The van der Waals surface area contributed by atoms with Crippen LogP contribution < -0.4 is 10.6 Å². The molecule has 1 saturated carbocycles. The topological polar surface area (TPSA) is 105 Å². The second-order valence-corrected chi connectivity index (χ2v) is 9.13.